The summed E-state index contributed by atoms with van der Waals surface area (Å²) in [6.45, 7) is 0. The predicted octanol–water partition coefficient (Wildman–Crippen LogP) is 0.880. The van der Waals surface area contributed by atoms with E-state index in [9.17, 15) is 9.59 Å². The Balaban J connectivity index is 2.09. The number of carbonyl (C=O) groups is 2. The molecule has 4 nitrogen and oxygen atoms in total. The van der Waals surface area contributed by atoms with Crippen LogP contribution in [0.15, 0.2) is 30.3 Å². The number of para-hydroxylation sites is 1. The van der Waals surface area contributed by atoms with E-state index >= 15 is 0 Å². The van der Waals surface area contributed by atoms with E-state index < -0.39 is 0 Å². The van der Waals surface area contributed by atoms with E-state index in [4.69, 9.17) is 0 Å². The number of amides is 2. The lowest BCUT2D eigenvalue weighted by Crippen LogP contribution is -2.57. The quantitative estimate of drug-likeness (QED) is 0.691. The van der Waals surface area contributed by atoms with Crippen molar-refractivity contribution in [3.63, 3.8) is 0 Å². The minimum absolute atomic E-state index is 0.0276. The molecule has 0 radical (unpaired) electrons. The first-order valence-electron chi connectivity index (χ1n) is 5.19. The van der Waals surface area contributed by atoms with Gasteiger partial charge in [-0.25, -0.2) is 0 Å². The molecule has 1 fully saturated rings. The third kappa shape index (κ3) is 1.66. The topological polar surface area (TPSA) is 40.6 Å². The number of nitrogens with zero attached hydrogens (tertiary/aromatic N) is 2. The van der Waals surface area contributed by atoms with Crippen LogP contribution in [0.5, 0.6) is 0 Å². The highest BCUT2D eigenvalue weighted by Crippen LogP contribution is 2.21. The second-order valence-electron chi connectivity index (χ2n) is 3.96. The number of carbonyl (C=O) groups excluding carboxylic acids is 2. The number of β-lactam (4-membered cyclic amide) rings is 1. The van der Waals surface area contributed by atoms with Crippen molar-refractivity contribution < 1.29 is 9.59 Å². The average molecular weight is 218 g/mol. The van der Waals surface area contributed by atoms with Crippen LogP contribution >= 0.6 is 0 Å². The Morgan fingerprint density at radius 2 is 2.00 bits per heavy atom. The molecule has 0 aliphatic carbocycles. The molecule has 1 atom stereocenters. The Hall–Kier alpha value is -1.84. The van der Waals surface area contributed by atoms with Crippen LogP contribution in [-0.4, -0.2) is 36.9 Å². The number of benzene rings is 1. The normalized spacial score (nSPS) is 19.2. The van der Waals surface area contributed by atoms with Gasteiger partial charge in [0.15, 0.2) is 0 Å². The molecule has 1 heterocycles. The maximum absolute atomic E-state index is 12.0. The van der Waals surface area contributed by atoms with Crippen molar-refractivity contribution in [1.29, 1.82) is 0 Å². The molecule has 2 amide bonds. The average Bonchev–Trinajstić information content (AvgIpc) is 2.34. The van der Waals surface area contributed by atoms with Gasteiger partial charge in [0.2, 0.25) is 11.8 Å². The molecular formula is C12H14N2O2. The number of anilines is 1. The summed E-state index contributed by atoms with van der Waals surface area (Å²) in [4.78, 5) is 26.2. The summed E-state index contributed by atoms with van der Waals surface area (Å²) < 4.78 is 0. The Bertz CT molecular complexity index is 416. The third-order valence-corrected chi connectivity index (χ3v) is 2.99. The number of likely N-dealkylation sites (tertiary alicyclic amines) is 1. The number of hydrogen-bond acceptors (Lipinski definition) is 2. The molecule has 0 bridgehead atoms. The van der Waals surface area contributed by atoms with E-state index in [-0.39, 0.29) is 17.9 Å². The smallest absolute Gasteiger partial charge is 0.250 e. The molecule has 84 valence electrons. The lowest BCUT2D eigenvalue weighted by molar-refractivity contribution is -0.150. The summed E-state index contributed by atoms with van der Waals surface area (Å²) in [7, 11) is 3.39. The maximum Gasteiger partial charge on any atom is 0.250 e. The first-order valence-corrected chi connectivity index (χ1v) is 5.19. The van der Waals surface area contributed by atoms with Crippen molar-refractivity contribution in [2.24, 2.45) is 0 Å². The molecule has 2 rings (SSSR count). The summed E-state index contributed by atoms with van der Waals surface area (Å²) in [5.41, 5.74) is 0.847. The zero-order chi connectivity index (χ0) is 11.7. The molecule has 1 aromatic rings. The van der Waals surface area contributed by atoms with Gasteiger partial charge < -0.3 is 9.80 Å². The maximum atomic E-state index is 12.0. The molecule has 1 aliphatic heterocycles. The van der Waals surface area contributed by atoms with Crippen LogP contribution < -0.4 is 4.90 Å². The van der Waals surface area contributed by atoms with E-state index in [2.05, 4.69) is 0 Å². The van der Waals surface area contributed by atoms with E-state index in [1.807, 2.05) is 30.3 Å². The van der Waals surface area contributed by atoms with E-state index in [1.165, 1.54) is 4.90 Å². The Morgan fingerprint density at radius 1 is 1.38 bits per heavy atom. The van der Waals surface area contributed by atoms with E-state index in [0.717, 1.165) is 5.69 Å². The molecule has 16 heavy (non-hydrogen) atoms. The fraction of sp³-hybridized carbons (Fsp3) is 0.333. The zero-order valence-corrected chi connectivity index (χ0v) is 9.38. The van der Waals surface area contributed by atoms with Gasteiger partial charge in [0, 0.05) is 19.8 Å². The highest BCUT2D eigenvalue weighted by atomic mass is 16.2. The largest absolute Gasteiger partial charge is 0.333 e. The third-order valence-electron chi connectivity index (χ3n) is 2.99. The fourth-order valence-corrected chi connectivity index (χ4v) is 1.76. The molecular weight excluding hydrogens is 204 g/mol. The van der Waals surface area contributed by atoms with Gasteiger partial charge in [0.1, 0.15) is 6.04 Å². The Kier molecular flexibility index (Phi) is 2.64. The molecule has 4 heteroatoms. The standard InChI is InChI=1S/C12H14N2O2/c1-13(9-6-4-3-5-7-9)12(16)10-8-11(15)14(10)2/h3-7,10H,8H2,1-2H3. The van der Waals surface area contributed by atoms with Gasteiger partial charge in [-0.2, -0.15) is 0 Å². The summed E-state index contributed by atoms with van der Waals surface area (Å²) >= 11 is 0. The number of likely N-dealkylation sites (N-methyl/N-ethyl adjacent to an activating group) is 2. The van der Waals surface area contributed by atoms with Crippen LogP contribution in [0, 0.1) is 0 Å². The van der Waals surface area contributed by atoms with Gasteiger partial charge >= 0.3 is 0 Å². The molecule has 0 aromatic heterocycles. The fourth-order valence-electron chi connectivity index (χ4n) is 1.76. The van der Waals surface area contributed by atoms with Gasteiger partial charge in [0.25, 0.3) is 0 Å². The number of rotatable bonds is 2. The van der Waals surface area contributed by atoms with Crippen LogP contribution in [0.4, 0.5) is 5.69 Å². The zero-order valence-electron chi connectivity index (χ0n) is 9.38. The predicted molar refractivity (Wildman–Crippen MR) is 61.0 cm³/mol. The first-order chi connectivity index (χ1) is 7.61. The van der Waals surface area contributed by atoms with E-state index in [0.29, 0.717) is 6.42 Å². The summed E-state index contributed by atoms with van der Waals surface area (Å²) in [5.74, 6) is -0.00638. The van der Waals surface area contributed by atoms with Crippen molar-refractivity contribution in [3.05, 3.63) is 30.3 Å². The Morgan fingerprint density at radius 3 is 2.50 bits per heavy atom. The molecule has 0 saturated carbocycles. The van der Waals surface area contributed by atoms with Crippen LogP contribution in [0.2, 0.25) is 0 Å². The van der Waals surface area contributed by atoms with Gasteiger partial charge in [0.05, 0.1) is 6.42 Å². The molecule has 1 unspecified atom stereocenters. The summed E-state index contributed by atoms with van der Waals surface area (Å²) in [6, 6.07) is 9.12. The highest BCUT2D eigenvalue weighted by molar-refractivity contribution is 6.04. The lowest BCUT2D eigenvalue weighted by Gasteiger charge is -2.38. The molecule has 0 spiro atoms. The molecule has 0 N–H and O–H groups in total. The van der Waals surface area contributed by atoms with Gasteiger partial charge in [-0.15, -0.1) is 0 Å². The monoisotopic (exact) mass is 218 g/mol. The van der Waals surface area contributed by atoms with Crippen LogP contribution in [-0.2, 0) is 9.59 Å². The summed E-state index contributed by atoms with van der Waals surface area (Å²) in [6.07, 6.45) is 0.326. The minimum Gasteiger partial charge on any atom is -0.333 e. The van der Waals surface area contributed by atoms with Gasteiger partial charge in [-0.3, -0.25) is 9.59 Å². The van der Waals surface area contributed by atoms with Crippen molar-refractivity contribution in [2.45, 2.75) is 12.5 Å². The Labute approximate surface area is 94.5 Å². The van der Waals surface area contributed by atoms with Gasteiger partial charge in [-0.05, 0) is 12.1 Å². The van der Waals surface area contributed by atoms with Crippen molar-refractivity contribution in [3.8, 4) is 0 Å². The van der Waals surface area contributed by atoms with Crippen molar-refractivity contribution in [2.75, 3.05) is 19.0 Å². The van der Waals surface area contributed by atoms with Crippen LogP contribution in [0.25, 0.3) is 0 Å². The summed E-state index contributed by atoms with van der Waals surface area (Å²) in [5, 5.41) is 0. The first kappa shape index (κ1) is 10.7. The van der Waals surface area contributed by atoms with E-state index in [1.54, 1.807) is 19.0 Å². The molecule has 1 saturated heterocycles. The number of hydrogen-bond donors (Lipinski definition) is 0. The second-order valence-corrected chi connectivity index (χ2v) is 3.96. The molecule has 1 aromatic carbocycles. The minimum atomic E-state index is -0.294. The van der Waals surface area contributed by atoms with Crippen LogP contribution in [0.1, 0.15) is 6.42 Å². The second kappa shape index (κ2) is 3.96. The van der Waals surface area contributed by atoms with Crippen LogP contribution in [0.3, 0.4) is 0 Å². The van der Waals surface area contributed by atoms with Gasteiger partial charge in [-0.1, -0.05) is 18.2 Å². The van der Waals surface area contributed by atoms with Crippen molar-refractivity contribution >= 4 is 17.5 Å². The lowest BCUT2D eigenvalue weighted by atomic mass is 10.0. The highest BCUT2D eigenvalue weighted by Gasteiger charge is 2.39. The SMILES string of the molecule is CN(C(=O)C1CC(=O)N1C)c1ccccc1. The van der Waals surface area contributed by atoms with Crippen molar-refractivity contribution in [1.82, 2.24) is 4.90 Å². The molecule has 1 aliphatic rings.